The first-order valence-corrected chi connectivity index (χ1v) is 3.35. The maximum Gasteiger partial charge on any atom is 0.133 e. The van der Waals surface area contributed by atoms with Gasteiger partial charge in [-0.3, -0.25) is 0 Å². The molecule has 0 aromatic carbocycles. The van der Waals surface area contributed by atoms with Gasteiger partial charge in [0.15, 0.2) is 0 Å². The third-order valence-electron chi connectivity index (χ3n) is 1.02. The molecule has 0 aliphatic rings. The summed E-state index contributed by atoms with van der Waals surface area (Å²) in [7, 11) is 0. The first-order valence-electron chi connectivity index (χ1n) is 2.56. The molecule has 9 heavy (non-hydrogen) atoms. The van der Waals surface area contributed by atoms with Crippen LogP contribution in [0, 0.1) is 6.92 Å². The van der Waals surface area contributed by atoms with Crippen LogP contribution >= 0.6 is 15.9 Å². The van der Waals surface area contributed by atoms with Gasteiger partial charge < -0.3 is 10.1 Å². The second-order valence-corrected chi connectivity index (χ2v) is 2.51. The summed E-state index contributed by atoms with van der Waals surface area (Å²) >= 11 is 3.20. The maximum absolute atomic E-state index is 8.56. The molecular formula is C5H7BrN2O. The predicted octanol–water partition coefficient (Wildman–Crippen LogP) is 0.973. The Morgan fingerprint density at radius 2 is 2.44 bits per heavy atom. The van der Waals surface area contributed by atoms with Gasteiger partial charge in [0.1, 0.15) is 17.0 Å². The minimum absolute atomic E-state index is 0.0353. The number of imidazole rings is 1. The van der Waals surface area contributed by atoms with Crippen molar-refractivity contribution in [2.75, 3.05) is 0 Å². The number of aromatic nitrogens is 2. The van der Waals surface area contributed by atoms with Crippen LogP contribution in [0.15, 0.2) is 4.60 Å². The van der Waals surface area contributed by atoms with E-state index in [-0.39, 0.29) is 6.61 Å². The molecule has 3 nitrogen and oxygen atoms in total. The lowest BCUT2D eigenvalue weighted by atomic mass is 10.6. The fraction of sp³-hybridized carbons (Fsp3) is 0.400. The number of aromatic amines is 1. The number of aliphatic hydroxyl groups is 1. The average Bonchev–Trinajstić information content (AvgIpc) is 2.13. The summed E-state index contributed by atoms with van der Waals surface area (Å²) in [5.74, 6) is 0.597. The number of H-pyrrole nitrogens is 1. The van der Waals surface area contributed by atoms with E-state index >= 15 is 0 Å². The summed E-state index contributed by atoms with van der Waals surface area (Å²) in [6.45, 7) is 1.85. The Labute approximate surface area is 61.3 Å². The molecule has 0 saturated carbocycles. The third kappa shape index (κ3) is 1.31. The van der Waals surface area contributed by atoms with Gasteiger partial charge in [0.25, 0.3) is 0 Å². The van der Waals surface area contributed by atoms with Crippen LogP contribution in [0.2, 0.25) is 0 Å². The van der Waals surface area contributed by atoms with Crippen LogP contribution in [-0.4, -0.2) is 15.1 Å². The average molecular weight is 191 g/mol. The summed E-state index contributed by atoms with van der Waals surface area (Å²) in [5.41, 5.74) is 0.944. The van der Waals surface area contributed by atoms with E-state index < -0.39 is 0 Å². The highest BCUT2D eigenvalue weighted by Crippen LogP contribution is 2.11. The quantitative estimate of drug-likeness (QED) is 0.694. The molecule has 2 N–H and O–H groups in total. The minimum Gasteiger partial charge on any atom is -0.388 e. The van der Waals surface area contributed by atoms with E-state index in [1.807, 2.05) is 6.92 Å². The summed E-state index contributed by atoms with van der Waals surface area (Å²) in [6.07, 6.45) is 0. The van der Waals surface area contributed by atoms with Crippen molar-refractivity contribution in [3.63, 3.8) is 0 Å². The van der Waals surface area contributed by atoms with Crippen molar-refractivity contribution in [2.45, 2.75) is 13.5 Å². The van der Waals surface area contributed by atoms with E-state index in [4.69, 9.17) is 5.11 Å². The van der Waals surface area contributed by atoms with Gasteiger partial charge in [0, 0.05) is 5.69 Å². The van der Waals surface area contributed by atoms with E-state index in [1.54, 1.807) is 0 Å². The van der Waals surface area contributed by atoms with Crippen LogP contribution in [0.25, 0.3) is 0 Å². The SMILES string of the molecule is Cc1[nH]c(CO)nc1Br. The minimum atomic E-state index is -0.0353. The van der Waals surface area contributed by atoms with Gasteiger partial charge in [0.2, 0.25) is 0 Å². The molecule has 1 aromatic heterocycles. The molecule has 0 amide bonds. The molecule has 4 heteroatoms. The van der Waals surface area contributed by atoms with Crippen LogP contribution in [0.5, 0.6) is 0 Å². The molecule has 50 valence electrons. The molecule has 0 unspecified atom stereocenters. The van der Waals surface area contributed by atoms with Crippen LogP contribution in [-0.2, 0) is 6.61 Å². The number of hydrogen-bond acceptors (Lipinski definition) is 2. The molecule has 0 atom stereocenters. The molecule has 0 radical (unpaired) electrons. The van der Waals surface area contributed by atoms with E-state index in [1.165, 1.54) is 0 Å². The number of nitrogens with one attached hydrogen (secondary N) is 1. The fourth-order valence-electron chi connectivity index (χ4n) is 0.573. The number of hydrogen-bond donors (Lipinski definition) is 2. The molecule has 0 bridgehead atoms. The summed E-state index contributed by atoms with van der Waals surface area (Å²) < 4.78 is 0.770. The van der Waals surface area contributed by atoms with Gasteiger partial charge in [-0.25, -0.2) is 4.98 Å². The van der Waals surface area contributed by atoms with Gasteiger partial charge in [-0.1, -0.05) is 0 Å². The molecule has 0 aliphatic heterocycles. The van der Waals surface area contributed by atoms with E-state index in [9.17, 15) is 0 Å². The van der Waals surface area contributed by atoms with E-state index in [0.717, 1.165) is 10.3 Å². The van der Waals surface area contributed by atoms with Crippen molar-refractivity contribution in [3.8, 4) is 0 Å². The van der Waals surface area contributed by atoms with Gasteiger partial charge in [-0.15, -0.1) is 0 Å². The van der Waals surface area contributed by atoms with Crippen molar-refractivity contribution in [2.24, 2.45) is 0 Å². The smallest absolute Gasteiger partial charge is 0.133 e. The number of halogens is 1. The highest BCUT2D eigenvalue weighted by atomic mass is 79.9. The summed E-state index contributed by atoms with van der Waals surface area (Å²) in [5, 5.41) is 8.56. The zero-order valence-corrected chi connectivity index (χ0v) is 6.57. The van der Waals surface area contributed by atoms with Crippen LogP contribution in [0.4, 0.5) is 0 Å². The van der Waals surface area contributed by atoms with Gasteiger partial charge >= 0.3 is 0 Å². The Bertz CT molecular complexity index is 189. The zero-order valence-electron chi connectivity index (χ0n) is 4.98. The number of aryl methyl sites for hydroxylation is 1. The number of rotatable bonds is 1. The molecule has 0 fully saturated rings. The molecular weight excluding hydrogens is 184 g/mol. The van der Waals surface area contributed by atoms with Crippen molar-refractivity contribution in [3.05, 3.63) is 16.1 Å². The van der Waals surface area contributed by atoms with Crippen molar-refractivity contribution >= 4 is 15.9 Å². The molecule has 0 spiro atoms. The second kappa shape index (κ2) is 2.49. The van der Waals surface area contributed by atoms with Crippen LogP contribution in [0.3, 0.4) is 0 Å². The summed E-state index contributed by atoms with van der Waals surface area (Å²) in [4.78, 5) is 6.83. The Morgan fingerprint density at radius 1 is 1.78 bits per heavy atom. The Morgan fingerprint density at radius 3 is 2.67 bits per heavy atom. The molecule has 1 rings (SSSR count). The lowest BCUT2D eigenvalue weighted by Gasteiger charge is -1.81. The molecule has 0 saturated heterocycles. The molecule has 0 aliphatic carbocycles. The molecule has 1 heterocycles. The normalized spacial score (nSPS) is 10.1. The van der Waals surface area contributed by atoms with Crippen LogP contribution in [0.1, 0.15) is 11.5 Å². The first-order chi connectivity index (χ1) is 4.24. The third-order valence-corrected chi connectivity index (χ3v) is 1.80. The van der Waals surface area contributed by atoms with Crippen molar-refractivity contribution < 1.29 is 5.11 Å². The topological polar surface area (TPSA) is 48.9 Å². The number of aliphatic hydroxyl groups excluding tert-OH is 1. The lowest BCUT2D eigenvalue weighted by molar-refractivity contribution is 0.272. The van der Waals surface area contributed by atoms with Crippen molar-refractivity contribution in [1.82, 2.24) is 9.97 Å². The monoisotopic (exact) mass is 190 g/mol. The Balaban J connectivity index is 2.98. The Hall–Kier alpha value is -0.350. The Kier molecular flexibility index (Phi) is 1.87. The number of nitrogens with zero attached hydrogens (tertiary/aromatic N) is 1. The highest BCUT2D eigenvalue weighted by Gasteiger charge is 1.99. The second-order valence-electron chi connectivity index (χ2n) is 1.76. The van der Waals surface area contributed by atoms with Gasteiger partial charge in [-0.2, -0.15) is 0 Å². The van der Waals surface area contributed by atoms with E-state index in [0.29, 0.717) is 5.82 Å². The van der Waals surface area contributed by atoms with E-state index in [2.05, 4.69) is 25.9 Å². The largest absolute Gasteiger partial charge is 0.388 e. The van der Waals surface area contributed by atoms with Gasteiger partial charge in [-0.05, 0) is 22.9 Å². The maximum atomic E-state index is 8.56. The van der Waals surface area contributed by atoms with Gasteiger partial charge in [0.05, 0.1) is 0 Å². The highest BCUT2D eigenvalue weighted by molar-refractivity contribution is 9.10. The lowest BCUT2D eigenvalue weighted by Crippen LogP contribution is -1.83. The summed E-state index contributed by atoms with van der Waals surface area (Å²) in [6, 6.07) is 0. The standard InChI is InChI=1S/C5H7BrN2O/c1-3-5(6)8-4(2-9)7-3/h9H,2H2,1H3,(H,7,8). The van der Waals surface area contributed by atoms with Crippen molar-refractivity contribution in [1.29, 1.82) is 0 Å². The van der Waals surface area contributed by atoms with Crippen LogP contribution < -0.4 is 0 Å². The molecule has 1 aromatic rings. The fourth-order valence-corrected chi connectivity index (χ4v) is 0.886. The first kappa shape index (κ1) is 6.77. The predicted molar refractivity (Wildman–Crippen MR) is 36.9 cm³/mol. The zero-order chi connectivity index (χ0) is 6.85.